The number of nitrogens with one attached hydrogen (secondary N) is 1. The first-order valence-electron chi connectivity index (χ1n) is 8.38. The topological polar surface area (TPSA) is 44.0 Å². The van der Waals surface area contributed by atoms with Gasteiger partial charge in [-0.15, -0.1) is 0 Å². The van der Waals surface area contributed by atoms with Gasteiger partial charge in [-0.25, -0.2) is 0 Å². The fourth-order valence-electron chi connectivity index (χ4n) is 2.48. The number of anilines is 1. The van der Waals surface area contributed by atoms with Gasteiger partial charge in [-0.1, -0.05) is 12.1 Å². The normalized spacial score (nSPS) is 11.4. The van der Waals surface area contributed by atoms with Gasteiger partial charge in [0.25, 0.3) is 0 Å². The Morgan fingerprint density at radius 1 is 1.17 bits per heavy atom. The Morgan fingerprint density at radius 3 is 2.67 bits per heavy atom. The molecular weight excluding hydrogens is 300 g/mol. The van der Waals surface area contributed by atoms with Gasteiger partial charge < -0.3 is 19.5 Å². The highest BCUT2D eigenvalue weighted by Gasteiger charge is 2.07. The number of furan rings is 1. The molecule has 2 rings (SSSR count). The molecule has 5 heteroatoms. The maximum Gasteiger partial charge on any atom is 0.193 e. The summed E-state index contributed by atoms with van der Waals surface area (Å²) in [4.78, 5) is 8.97. The van der Waals surface area contributed by atoms with E-state index in [-0.39, 0.29) is 0 Å². The van der Waals surface area contributed by atoms with Crippen LogP contribution in [-0.4, -0.2) is 45.1 Å². The first-order chi connectivity index (χ1) is 11.6. The Hall–Kier alpha value is -2.43. The van der Waals surface area contributed by atoms with Gasteiger partial charge in [-0.3, -0.25) is 4.99 Å². The van der Waals surface area contributed by atoms with Crippen LogP contribution in [0.25, 0.3) is 0 Å². The summed E-state index contributed by atoms with van der Waals surface area (Å²) in [5.74, 6) is 1.88. The molecule has 0 spiro atoms. The van der Waals surface area contributed by atoms with Crippen molar-refractivity contribution in [2.24, 2.45) is 4.99 Å². The number of aliphatic imine (C=N–C) groups is 1. The van der Waals surface area contributed by atoms with Gasteiger partial charge in [0.15, 0.2) is 5.96 Å². The molecule has 0 aliphatic carbocycles. The summed E-state index contributed by atoms with van der Waals surface area (Å²) in [5.41, 5.74) is 2.47. The molecule has 1 N–H and O–H groups in total. The van der Waals surface area contributed by atoms with Crippen molar-refractivity contribution in [3.05, 3.63) is 54.0 Å². The molecule has 0 saturated carbocycles. The van der Waals surface area contributed by atoms with Crippen LogP contribution in [0.5, 0.6) is 0 Å². The van der Waals surface area contributed by atoms with E-state index in [1.807, 2.05) is 12.1 Å². The van der Waals surface area contributed by atoms with Crippen LogP contribution in [0.4, 0.5) is 5.69 Å². The van der Waals surface area contributed by atoms with E-state index >= 15 is 0 Å². The van der Waals surface area contributed by atoms with Crippen molar-refractivity contribution in [3.8, 4) is 0 Å². The number of benzene rings is 1. The molecule has 0 unspecified atom stereocenters. The molecule has 0 fully saturated rings. The number of guanidine groups is 1. The summed E-state index contributed by atoms with van der Waals surface area (Å²) >= 11 is 0. The zero-order chi connectivity index (χ0) is 17.4. The highest BCUT2D eigenvalue weighted by Crippen LogP contribution is 2.14. The van der Waals surface area contributed by atoms with Crippen molar-refractivity contribution in [1.29, 1.82) is 0 Å². The van der Waals surface area contributed by atoms with Crippen molar-refractivity contribution in [3.63, 3.8) is 0 Å². The summed E-state index contributed by atoms with van der Waals surface area (Å²) in [7, 11) is 6.18. The third-order valence-electron chi connectivity index (χ3n) is 3.74. The molecule has 5 nitrogen and oxygen atoms in total. The molecule has 0 radical (unpaired) electrons. The average Bonchev–Trinajstić information content (AvgIpc) is 3.07. The predicted molar refractivity (Wildman–Crippen MR) is 101 cm³/mol. The molecule has 0 aliphatic heterocycles. The summed E-state index contributed by atoms with van der Waals surface area (Å²) in [6, 6.07) is 12.5. The van der Waals surface area contributed by atoms with E-state index in [1.165, 1.54) is 11.3 Å². The lowest BCUT2D eigenvalue weighted by atomic mass is 10.2. The number of hydrogen-bond acceptors (Lipinski definition) is 3. The molecule has 0 saturated heterocycles. The molecule has 1 aromatic carbocycles. The molecule has 1 aromatic heterocycles. The van der Waals surface area contributed by atoms with Gasteiger partial charge in [-0.2, -0.15) is 0 Å². The minimum atomic E-state index is 0.706. The average molecular weight is 328 g/mol. The lowest BCUT2D eigenvalue weighted by Gasteiger charge is -2.23. The molecule has 130 valence electrons. The quantitative estimate of drug-likeness (QED) is 0.627. The molecular formula is C19H28N4O. The summed E-state index contributed by atoms with van der Waals surface area (Å²) < 4.78 is 5.36. The van der Waals surface area contributed by atoms with Crippen LogP contribution in [0.2, 0.25) is 0 Å². The van der Waals surface area contributed by atoms with Gasteiger partial charge in [0, 0.05) is 52.9 Å². The van der Waals surface area contributed by atoms with Crippen LogP contribution in [0, 0.1) is 0 Å². The summed E-state index contributed by atoms with van der Waals surface area (Å²) in [6.07, 6.45) is 2.51. The maximum atomic E-state index is 5.36. The van der Waals surface area contributed by atoms with Gasteiger partial charge >= 0.3 is 0 Å². The van der Waals surface area contributed by atoms with Gasteiger partial charge in [0.1, 0.15) is 5.76 Å². The van der Waals surface area contributed by atoms with E-state index in [1.54, 1.807) is 6.26 Å². The minimum Gasteiger partial charge on any atom is -0.469 e. The Labute approximate surface area is 145 Å². The Bertz CT molecular complexity index is 635. The molecule has 0 aliphatic rings. The van der Waals surface area contributed by atoms with Crippen molar-refractivity contribution in [2.45, 2.75) is 19.9 Å². The van der Waals surface area contributed by atoms with Crippen LogP contribution in [0.15, 0.2) is 52.1 Å². The van der Waals surface area contributed by atoms with Crippen molar-refractivity contribution >= 4 is 11.6 Å². The fourth-order valence-corrected chi connectivity index (χ4v) is 2.48. The van der Waals surface area contributed by atoms with Crippen molar-refractivity contribution < 1.29 is 4.42 Å². The first kappa shape index (κ1) is 17.9. The molecule has 2 aromatic rings. The third-order valence-corrected chi connectivity index (χ3v) is 3.74. The highest BCUT2D eigenvalue weighted by molar-refractivity contribution is 5.79. The first-order valence-corrected chi connectivity index (χ1v) is 8.38. The van der Waals surface area contributed by atoms with Gasteiger partial charge in [0.05, 0.1) is 6.26 Å². The Balaban J connectivity index is 1.99. The number of nitrogens with zero attached hydrogens (tertiary/aromatic N) is 3. The second kappa shape index (κ2) is 9.01. The summed E-state index contributed by atoms with van der Waals surface area (Å²) in [5, 5.41) is 3.36. The molecule has 0 amide bonds. The number of hydrogen-bond donors (Lipinski definition) is 1. The van der Waals surface area contributed by atoms with E-state index in [2.05, 4.69) is 67.4 Å². The van der Waals surface area contributed by atoms with E-state index in [0.29, 0.717) is 6.54 Å². The Kier molecular flexibility index (Phi) is 6.73. The van der Waals surface area contributed by atoms with Crippen molar-refractivity contribution in [2.75, 3.05) is 39.1 Å². The molecule has 0 bridgehead atoms. The largest absolute Gasteiger partial charge is 0.469 e. The van der Waals surface area contributed by atoms with E-state index in [0.717, 1.165) is 31.2 Å². The lowest BCUT2D eigenvalue weighted by Crippen LogP contribution is -2.38. The third kappa shape index (κ3) is 5.33. The minimum absolute atomic E-state index is 0.706. The molecule has 0 atom stereocenters. The van der Waals surface area contributed by atoms with E-state index < -0.39 is 0 Å². The highest BCUT2D eigenvalue weighted by atomic mass is 16.3. The van der Waals surface area contributed by atoms with Gasteiger partial charge in [-0.05, 0) is 36.8 Å². The zero-order valence-corrected chi connectivity index (χ0v) is 15.1. The standard InChI is InChI=1S/C19H28N4O/c1-5-20-19(21-12-11-18-10-7-13-24-18)23(4)15-16-8-6-9-17(14-16)22(2)3/h6-10,13-14H,5,11-12,15H2,1-4H3,(H,20,21). The van der Waals surface area contributed by atoms with Crippen LogP contribution >= 0.6 is 0 Å². The second-order valence-electron chi connectivity index (χ2n) is 5.99. The fraction of sp³-hybridized carbons (Fsp3) is 0.421. The lowest BCUT2D eigenvalue weighted by molar-refractivity contribution is 0.474. The van der Waals surface area contributed by atoms with E-state index in [9.17, 15) is 0 Å². The monoisotopic (exact) mass is 328 g/mol. The zero-order valence-electron chi connectivity index (χ0n) is 15.1. The SMILES string of the molecule is CCNC(=NCCc1ccco1)N(C)Cc1cccc(N(C)C)c1. The Morgan fingerprint density at radius 2 is 2.00 bits per heavy atom. The van der Waals surface area contributed by atoms with Crippen molar-refractivity contribution in [1.82, 2.24) is 10.2 Å². The van der Waals surface area contributed by atoms with Crippen LogP contribution in [0.1, 0.15) is 18.2 Å². The van der Waals surface area contributed by atoms with Gasteiger partial charge in [0.2, 0.25) is 0 Å². The molecule has 24 heavy (non-hydrogen) atoms. The van der Waals surface area contributed by atoms with Crippen LogP contribution in [-0.2, 0) is 13.0 Å². The van der Waals surface area contributed by atoms with E-state index in [4.69, 9.17) is 9.41 Å². The molecule has 1 heterocycles. The smallest absolute Gasteiger partial charge is 0.193 e. The van der Waals surface area contributed by atoms with Crippen LogP contribution in [0.3, 0.4) is 0 Å². The second-order valence-corrected chi connectivity index (χ2v) is 5.99. The maximum absolute atomic E-state index is 5.36. The summed E-state index contributed by atoms with van der Waals surface area (Å²) in [6.45, 7) is 4.45. The van der Waals surface area contributed by atoms with Crippen LogP contribution < -0.4 is 10.2 Å². The predicted octanol–water partition coefficient (Wildman–Crippen LogP) is 2.99. The number of rotatable bonds is 7.